The Labute approximate surface area is 149 Å². The van der Waals surface area contributed by atoms with Crippen molar-refractivity contribution in [2.24, 2.45) is 0 Å². The molecule has 0 aliphatic carbocycles. The molecule has 0 saturated carbocycles. The molecule has 1 unspecified atom stereocenters. The summed E-state index contributed by atoms with van der Waals surface area (Å²) in [6.45, 7) is 6.12. The first-order valence-electron chi connectivity index (χ1n) is 9.15. The standard InChI is InChI=1S/C21H26N2O2/c1-16-12-23-15-19(24)11-18(23)14-22(16)13-17-6-5-9-21(10-17)25-20-7-3-2-4-8-20/h2-10,16,18-19,24H,11-15H2,1H3/t16-,18?,19-/m1/s1. The number of rotatable bonds is 4. The number of aliphatic hydroxyl groups excluding tert-OH is 1. The third-order valence-electron chi connectivity index (χ3n) is 5.34. The van der Waals surface area contributed by atoms with E-state index in [1.807, 2.05) is 36.4 Å². The predicted molar refractivity (Wildman–Crippen MR) is 98.8 cm³/mol. The number of nitrogens with zero attached hydrogens (tertiary/aromatic N) is 2. The van der Waals surface area contributed by atoms with E-state index in [0.29, 0.717) is 12.1 Å². The quantitative estimate of drug-likeness (QED) is 0.929. The van der Waals surface area contributed by atoms with E-state index in [1.54, 1.807) is 0 Å². The summed E-state index contributed by atoms with van der Waals surface area (Å²) in [4.78, 5) is 4.97. The van der Waals surface area contributed by atoms with Crippen molar-refractivity contribution in [3.05, 3.63) is 60.2 Å². The number of piperazine rings is 1. The summed E-state index contributed by atoms with van der Waals surface area (Å²) in [6, 6.07) is 19.3. The summed E-state index contributed by atoms with van der Waals surface area (Å²) in [5, 5.41) is 9.92. The Morgan fingerprint density at radius 2 is 1.80 bits per heavy atom. The van der Waals surface area contributed by atoms with E-state index in [4.69, 9.17) is 4.74 Å². The van der Waals surface area contributed by atoms with Crippen LogP contribution in [0.25, 0.3) is 0 Å². The minimum atomic E-state index is -0.153. The second-order valence-electron chi connectivity index (χ2n) is 7.34. The number of fused-ring (bicyclic) bond motifs is 1. The lowest BCUT2D eigenvalue weighted by atomic mass is 10.1. The number of aliphatic hydroxyl groups is 1. The van der Waals surface area contributed by atoms with Gasteiger partial charge in [-0.3, -0.25) is 9.80 Å². The van der Waals surface area contributed by atoms with Crippen LogP contribution in [0.4, 0.5) is 0 Å². The summed E-state index contributed by atoms with van der Waals surface area (Å²) in [5.41, 5.74) is 1.27. The Hall–Kier alpha value is -1.88. The maximum absolute atomic E-state index is 9.92. The van der Waals surface area contributed by atoms with Gasteiger partial charge in [0.15, 0.2) is 0 Å². The zero-order valence-electron chi connectivity index (χ0n) is 14.7. The molecule has 2 saturated heterocycles. The van der Waals surface area contributed by atoms with Crippen LogP contribution in [0.2, 0.25) is 0 Å². The molecule has 0 bridgehead atoms. The molecule has 2 aliphatic heterocycles. The zero-order chi connectivity index (χ0) is 17.2. The first-order chi connectivity index (χ1) is 12.2. The Morgan fingerprint density at radius 3 is 2.64 bits per heavy atom. The highest BCUT2D eigenvalue weighted by Crippen LogP contribution is 2.27. The Morgan fingerprint density at radius 1 is 1.00 bits per heavy atom. The van der Waals surface area contributed by atoms with Gasteiger partial charge in [-0.1, -0.05) is 30.3 Å². The van der Waals surface area contributed by atoms with Gasteiger partial charge in [0.2, 0.25) is 0 Å². The molecule has 2 aromatic carbocycles. The zero-order valence-corrected chi connectivity index (χ0v) is 14.7. The molecule has 2 heterocycles. The molecule has 0 amide bonds. The summed E-state index contributed by atoms with van der Waals surface area (Å²) < 4.78 is 5.96. The normalized spacial score (nSPS) is 27.2. The summed E-state index contributed by atoms with van der Waals surface area (Å²) in [5.74, 6) is 1.74. The summed E-state index contributed by atoms with van der Waals surface area (Å²) >= 11 is 0. The third kappa shape index (κ3) is 3.87. The fourth-order valence-electron chi connectivity index (χ4n) is 4.06. The Balaban J connectivity index is 1.43. The highest BCUT2D eigenvalue weighted by atomic mass is 16.5. The van der Waals surface area contributed by atoms with Crippen molar-refractivity contribution in [3.63, 3.8) is 0 Å². The number of hydrogen-bond acceptors (Lipinski definition) is 4. The SMILES string of the molecule is C[C@@H]1CN2C[C@H](O)CC2CN1Cc1cccc(Oc2ccccc2)c1. The van der Waals surface area contributed by atoms with Crippen LogP contribution < -0.4 is 4.74 Å². The van der Waals surface area contributed by atoms with Gasteiger partial charge in [0, 0.05) is 38.3 Å². The molecule has 4 nitrogen and oxygen atoms in total. The van der Waals surface area contributed by atoms with Crippen molar-refractivity contribution in [2.75, 3.05) is 19.6 Å². The van der Waals surface area contributed by atoms with E-state index in [2.05, 4.69) is 34.9 Å². The predicted octanol–water partition coefficient (Wildman–Crippen LogP) is 3.12. The van der Waals surface area contributed by atoms with Gasteiger partial charge >= 0.3 is 0 Å². The highest BCUT2D eigenvalue weighted by molar-refractivity contribution is 5.33. The van der Waals surface area contributed by atoms with Gasteiger partial charge in [-0.2, -0.15) is 0 Å². The Kier molecular flexibility index (Phi) is 4.75. The molecule has 25 heavy (non-hydrogen) atoms. The topological polar surface area (TPSA) is 35.9 Å². The number of benzene rings is 2. The van der Waals surface area contributed by atoms with Gasteiger partial charge < -0.3 is 9.84 Å². The maximum Gasteiger partial charge on any atom is 0.127 e. The molecule has 2 aliphatic rings. The van der Waals surface area contributed by atoms with Crippen molar-refractivity contribution in [3.8, 4) is 11.5 Å². The number of hydrogen-bond donors (Lipinski definition) is 1. The molecule has 2 aromatic rings. The monoisotopic (exact) mass is 338 g/mol. The molecule has 0 aromatic heterocycles. The average Bonchev–Trinajstić information content (AvgIpc) is 2.95. The molecule has 3 atom stereocenters. The van der Waals surface area contributed by atoms with E-state index in [-0.39, 0.29) is 6.10 Å². The van der Waals surface area contributed by atoms with E-state index in [0.717, 1.165) is 44.1 Å². The van der Waals surface area contributed by atoms with Gasteiger partial charge in [-0.25, -0.2) is 0 Å². The highest BCUT2D eigenvalue weighted by Gasteiger charge is 2.37. The molecular weight excluding hydrogens is 312 g/mol. The molecule has 4 rings (SSSR count). The van der Waals surface area contributed by atoms with Crippen LogP contribution in [-0.2, 0) is 6.54 Å². The smallest absolute Gasteiger partial charge is 0.127 e. The second kappa shape index (κ2) is 7.16. The van der Waals surface area contributed by atoms with Crippen molar-refractivity contribution < 1.29 is 9.84 Å². The largest absolute Gasteiger partial charge is 0.457 e. The van der Waals surface area contributed by atoms with Gasteiger partial charge in [-0.05, 0) is 43.2 Å². The van der Waals surface area contributed by atoms with E-state index in [9.17, 15) is 5.11 Å². The van der Waals surface area contributed by atoms with Crippen LogP contribution in [0, 0.1) is 0 Å². The first-order valence-corrected chi connectivity index (χ1v) is 9.15. The molecule has 0 spiro atoms. The van der Waals surface area contributed by atoms with Crippen molar-refractivity contribution in [1.29, 1.82) is 0 Å². The molecule has 1 N–H and O–H groups in total. The van der Waals surface area contributed by atoms with Crippen LogP contribution >= 0.6 is 0 Å². The van der Waals surface area contributed by atoms with Crippen molar-refractivity contribution in [1.82, 2.24) is 9.80 Å². The van der Waals surface area contributed by atoms with E-state index >= 15 is 0 Å². The summed E-state index contributed by atoms with van der Waals surface area (Å²) in [7, 11) is 0. The van der Waals surface area contributed by atoms with Crippen LogP contribution in [0.1, 0.15) is 18.9 Å². The molecule has 2 fully saturated rings. The van der Waals surface area contributed by atoms with E-state index < -0.39 is 0 Å². The van der Waals surface area contributed by atoms with Crippen LogP contribution in [0.3, 0.4) is 0 Å². The fraction of sp³-hybridized carbons (Fsp3) is 0.429. The van der Waals surface area contributed by atoms with Crippen LogP contribution in [0.15, 0.2) is 54.6 Å². The van der Waals surface area contributed by atoms with Crippen LogP contribution in [0.5, 0.6) is 11.5 Å². The first kappa shape index (κ1) is 16.6. The maximum atomic E-state index is 9.92. The molecule has 132 valence electrons. The molecular formula is C21H26N2O2. The Bertz CT molecular complexity index is 706. The lowest BCUT2D eigenvalue weighted by Crippen LogP contribution is -2.54. The van der Waals surface area contributed by atoms with Crippen LogP contribution in [-0.4, -0.2) is 52.7 Å². The lowest BCUT2D eigenvalue weighted by Gasteiger charge is -2.42. The van der Waals surface area contributed by atoms with Crippen molar-refractivity contribution >= 4 is 0 Å². The minimum Gasteiger partial charge on any atom is -0.457 e. The van der Waals surface area contributed by atoms with Gasteiger partial charge in [-0.15, -0.1) is 0 Å². The second-order valence-corrected chi connectivity index (χ2v) is 7.34. The van der Waals surface area contributed by atoms with E-state index in [1.165, 1.54) is 5.56 Å². The molecule has 4 heteroatoms. The molecule has 0 radical (unpaired) electrons. The number of para-hydroxylation sites is 1. The minimum absolute atomic E-state index is 0.153. The van der Waals surface area contributed by atoms with Gasteiger partial charge in [0.1, 0.15) is 11.5 Å². The van der Waals surface area contributed by atoms with Crippen molar-refractivity contribution in [2.45, 2.75) is 38.1 Å². The lowest BCUT2D eigenvalue weighted by molar-refractivity contribution is 0.0528. The van der Waals surface area contributed by atoms with Gasteiger partial charge in [0.25, 0.3) is 0 Å². The fourth-order valence-corrected chi connectivity index (χ4v) is 4.06. The van der Waals surface area contributed by atoms with Gasteiger partial charge in [0.05, 0.1) is 6.10 Å². The average molecular weight is 338 g/mol. The number of ether oxygens (including phenoxy) is 1. The summed E-state index contributed by atoms with van der Waals surface area (Å²) in [6.07, 6.45) is 0.750. The third-order valence-corrected chi connectivity index (χ3v) is 5.34.